The molecule has 2 heteroatoms. The van der Waals surface area contributed by atoms with Gasteiger partial charge >= 0.3 is 0 Å². The second kappa shape index (κ2) is 4.66. The van der Waals surface area contributed by atoms with Crippen LogP contribution in [0.4, 0.5) is 0 Å². The first-order valence-corrected chi connectivity index (χ1v) is 6.93. The lowest BCUT2D eigenvalue weighted by molar-refractivity contribution is 0.0120. The molecule has 0 aromatic carbocycles. The van der Waals surface area contributed by atoms with Crippen molar-refractivity contribution in [2.45, 2.75) is 70.5 Å². The Labute approximate surface area is 101 Å². The molecule has 2 saturated carbocycles. The predicted molar refractivity (Wildman–Crippen MR) is 69.7 cm³/mol. The molecule has 2 rings (SSSR count). The zero-order valence-electron chi connectivity index (χ0n) is 11.4. The lowest BCUT2D eigenvalue weighted by atomic mass is 9.57. The molecule has 1 N–H and O–H groups in total. The minimum absolute atomic E-state index is 0.653. The Bertz CT molecular complexity index is 211. The van der Waals surface area contributed by atoms with E-state index in [1.807, 2.05) is 0 Å². The molecule has 2 nitrogen and oxygen atoms in total. The van der Waals surface area contributed by atoms with E-state index in [1.165, 1.54) is 38.5 Å². The predicted octanol–water partition coefficient (Wildman–Crippen LogP) is 2.64. The zero-order chi connectivity index (χ0) is 11.8. The van der Waals surface area contributed by atoms with E-state index in [2.05, 4.69) is 38.2 Å². The van der Waals surface area contributed by atoms with E-state index in [4.69, 9.17) is 0 Å². The molecular weight excluding hydrogens is 196 g/mol. The molecule has 0 aliphatic heterocycles. The first kappa shape index (κ1) is 12.4. The summed E-state index contributed by atoms with van der Waals surface area (Å²) in [7, 11) is 4.46. The average Bonchev–Trinajstić information content (AvgIpc) is 2.15. The van der Waals surface area contributed by atoms with Gasteiger partial charge in [-0.2, -0.15) is 0 Å². The van der Waals surface area contributed by atoms with Crippen molar-refractivity contribution in [3.63, 3.8) is 0 Å². The molecule has 0 amide bonds. The van der Waals surface area contributed by atoms with Gasteiger partial charge in [0.25, 0.3) is 0 Å². The standard InChI is InChI=1S/C14H28N2/c1-11(2)15-12-9-14(10-12)7-5-13(6-8-14)16(3)4/h11-13,15H,5-10H2,1-4H3. The summed E-state index contributed by atoms with van der Waals surface area (Å²) in [4.78, 5) is 2.41. The molecule has 0 radical (unpaired) electrons. The highest BCUT2D eigenvalue weighted by Gasteiger charge is 2.46. The van der Waals surface area contributed by atoms with Gasteiger partial charge in [0.1, 0.15) is 0 Å². The quantitative estimate of drug-likeness (QED) is 0.793. The maximum Gasteiger partial charge on any atom is 0.00895 e. The Morgan fingerprint density at radius 3 is 2.12 bits per heavy atom. The molecule has 2 fully saturated rings. The maximum atomic E-state index is 3.67. The van der Waals surface area contributed by atoms with Crippen molar-refractivity contribution in [3.05, 3.63) is 0 Å². The molecule has 2 aliphatic carbocycles. The van der Waals surface area contributed by atoms with E-state index in [1.54, 1.807) is 0 Å². The van der Waals surface area contributed by atoms with Gasteiger partial charge in [0.05, 0.1) is 0 Å². The molecule has 0 aromatic heterocycles. The summed E-state index contributed by atoms with van der Waals surface area (Å²) in [5.74, 6) is 0. The summed E-state index contributed by atoms with van der Waals surface area (Å²) in [6.07, 6.45) is 8.64. The highest BCUT2D eigenvalue weighted by Crippen LogP contribution is 2.52. The number of nitrogens with zero attached hydrogens (tertiary/aromatic N) is 1. The molecule has 16 heavy (non-hydrogen) atoms. The van der Waals surface area contributed by atoms with Crippen LogP contribution in [0.5, 0.6) is 0 Å². The fraction of sp³-hybridized carbons (Fsp3) is 1.00. The van der Waals surface area contributed by atoms with Gasteiger partial charge in [-0.25, -0.2) is 0 Å². The van der Waals surface area contributed by atoms with E-state index in [9.17, 15) is 0 Å². The second-order valence-corrected chi connectivity index (χ2v) is 6.62. The topological polar surface area (TPSA) is 15.3 Å². The molecule has 94 valence electrons. The molecule has 0 bridgehead atoms. The van der Waals surface area contributed by atoms with Gasteiger partial charge in [0.2, 0.25) is 0 Å². The van der Waals surface area contributed by atoms with Gasteiger partial charge in [-0.05, 0) is 58.0 Å². The number of hydrogen-bond acceptors (Lipinski definition) is 2. The van der Waals surface area contributed by atoms with Crippen LogP contribution in [0.15, 0.2) is 0 Å². The van der Waals surface area contributed by atoms with Crippen molar-refractivity contribution in [3.8, 4) is 0 Å². The number of rotatable bonds is 3. The number of hydrogen-bond donors (Lipinski definition) is 1. The molecule has 0 aromatic rings. The van der Waals surface area contributed by atoms with E-state index in [0.29, 0.717) is 6.04 Å². The Morgan fingerprint density at radius 1 is 1.12 bits per heavy atom. The van der Waals surface area contributed by atoms with Gasteiger partial charge in [-0.15, -0.1) is 0 Å². The SMILES string of the molecule is CC(C)NC1CC2(CCC(N(C)C)CC2)C1. The minimum Gasteiger partial charge on any atom is -0.312 e. The van der Waals surface area contributed by atoms with Crippen LogP contribution in [-0.2, 0) is 0 Å². The zero-order valence-corrected chi connectivity index (χ0v) is 11.4. The number of nitrogens with one attached hydrogen (secondary N) is 1. The van der Waals surface area contributed by atoms with Gasteiger partial charge in [-0.1, -0.05) is 13.8 Å². The van der Waals surface area contributed by atoms with Crippen molar-refractivity contribution in [1.82, 2.24) is 10.2 Å². The summed E-state index contributed by atoms with van der Waals surface area (Å²) in [6.45, 7) is 4.52. The second-order valence-electron chi connectivity index (χ2n) is 6.62. The normalized spacial score (nSPS) is 39.4. The third-order valence-corrected chi connectivity index (χ3v) is 4.67. The van der Waals surface area contributed by atoms with Crippen molar-refractivity contribution in [2.75, 3.05) is 14.1 Å². The third kappa shape index (κ3) is 2.60. The smallest absolute Gasteiger partial charge is 0.00895 e. The van der Waals surface area contributed by atoms with Crippen molar-refractivity contribution in [1.29, 1.82) is 0 Å². The van der Waals surface area contributed by atoms with E-state index in [-0.39, 0.29) is 0 Å². The largest absolute Gasteiger partial charge is 0.312 e. The first-order chi connectivity index (χ1) is 7.51. The van der Waals surface area contributed by atoms with Crippen LogP contribution in [0.3, 0.4) is 0 Å². The van der Waals surface area contributed by atoms with E-state index in [0.717, 1.165) is 17.5 Å². The molecule has 2 aliphatic rings. The summed E-state index contributed by atoms with van der Waals surface area (Å²) in [6, 6.07) is 2.32. The summed E-state index contributed by atoms with van der Waals surface area (Å²) >= 11 is 0. The third-order valence-electron chi connectivity index (χ3n) is 4.67. The fourth-order valence-corrected chi connectivity index (χ4v) is 3.71. The summed E-state index contributed by atoms with van der Waals surface area (Å²) in [5, 5.41) is 3.67. The fourth-order valence-electron chi connectivity index (χ4n) is 3.71. The van der Waals surface area contributed by atoms with Crippen LogP contribution in [0.2, 0.25) is 0 Å². The monoisotopic (exact) mass is 224 g/mol. The Hall–Kier alpha value is -0.0800. The highest BCUT2D eigenvalue weighted by molar-refractivity contribution is 5.01. The summed E-state index contributed by atoms with van der Waals surface area (Å²) < 4.78 is 0. The van der Waals surface area contributed by atoms with Crippen molar-refractivity contribution < 1.29 is 0 Å². The lowest BCUT2D eigenvalue weighted by Crippen LogP contribution is -2.53. The molecule has 0 atom stereocenters. The van der Waals surface area contributed by atoms with Crippen LogP contribution in [0.1, 0.15) is 52.4 Å². The summed E-state index contributed by atoms with van der Waals surface area (Å²) in [5.41, 5.74) is 0.735. The van der Waals surface area contributed by atoms with Crippen molar-refractivity contribution >= 4 is 0 Å². The van der Waals surface area contributed by atoms with E-state index < -0.39 is 0 Å². The molecule has 0 heterocycles. The molecular formula is C14H28N2. The Balaban J connectivity index is 1.74. The molecule has 1 spiro atoms. The molecule has 0 unspecified atom stereocenters. The lowest BCUT2D eigenvalue weighted by Gasteiger charge is -2.53. The van der Waals surface area contributed by atoms with Gasteiger partial charge in [-0.3, -0.25) is 0 Å². The Morgan fingerprint density at radius 2 is 1.69 bits per heavy atom. The van der Waals surface area contributed by atoms with Gasteiger partial charge in [0, 0.05) is 18.1 Å². The first-order valence-electron chi connectivity index (χ1n) is 6.93. The van der Waals surface area contributed by atoms with Gasteiger partial charge in [0.15, 0.2) is 0 Å². The maximum absolute atomic E-state index is 3.67. The van der Waals surface area contributed by atoms with E-state index >= 15 is 0 Å². The van der Waals surface area contributed by atoms with Crippen LogP contribution in [0, 0.1) is 5.41 Å². The minimum atomic E-state index is 0.653. The van der Waals surface area contributed by atoms with Crippen LogP contribution in [-0.4, -0.2) is 37.1 Å². The Kier molecular flexibility index (Phi) is 3.60. The van der Waals surface area contributed by atoms with Crippen LogP contribution in [0.25, 0.3) is 0 Å². The van der Waals surface area contributed by atoms with Crippen LogP contribution < -0.4 is 5.32 Å². The van der Waals surface area contributed by atoms with Gasteiger partial charge < -0.3 is 10.2 Å². The highest BCUT2D eigenvalue weighted by atomic mass is 15.1. The van der Waals surface area contributed by atoms with Crippen molar-refractivity contribution in [2.24, 2.45) is 5.41 Å². The van der Waals surface area contributed by atoms with Crippen LogP contribution >= 0.6 is 0 Å². The average molecular weight is 224 g/mol. The molecule has 0 saturated heterocycles.